The van der Waals surface area contributed by atoms with E-state index in [-0.39, 0.29) is 18.2 Å². The number of anilines is 1. The van der Waals surface area contributed by atoms with Crippen LogP contribution in [0.5, 0.6) is 0 Å². The molecule has 0 radical (unpaired) electrons. The van der Waals surface area contributed by atoms with Crippen molar-refractivity contribution < 1.29 is 19.6 Å². The quantitative estimate of drug-likeness (QED) is 0.228. The van der Waals surface area contributed by atoms with E-state index < -0.39 is 11.9 Å². The van der Waals surface area contributed by atoms with Crippen molar-refractivity contribution in [2.75, 3.05) is 11.4 Å². The standard InChI is InChI=1S/C31H35N3O4/c1-22-17-23(2)19-25(18-22)21-34-27-14-9-8-13-26(27)30(36)33(16-10-4-7-15-29(35)32-38)28(31(34)37)20-24-11-5-3-6-12-24/h3,5-6,8-9,11-14,17-19,28,38H,4,7,10,15-16,20-21H2,1-2H3,(H,32,35)/t28-/m0/s1. The Morgan fingerprint density at radius 3 is 2.26 bits per heavy atom. The molecule has 0 aromatic heterocycles. The molecule has 1 atom stereocenters. The maximum absolute atomic E-state index is 14.3. The zero-order valence-corrected chi connectivity index (χ0v) is 22.0. The lowest BCUT2D eigenvalue weighted by Gasteiger charge is -2.31. The molecule has 4 rings (SSSR count). The Kier molecular flexibility index (Phi) is 8.92. The summed E-state index contributed by atoms with van der Waals surface area (Å²) in [7, 11) is 0. The van der Waals surface area contributed by atoms with Crippen LogP contribution in [0.25, 0.3) is 0 Å². The summed E-state index contributed by atoms with van der Waals surface area (Å²) < 4.78 is 0. The number of amides is 3. The zero-order valence-electron chi connectivity index (χ0n) is 22.0. The number of hydroxylamine groups is 1. The number of hydrogen-bond acceptors (Lipinski definition) is 4. The predicted molar refractivity (Wildman–Crippen MR) is 147 cm³/mol. The molecule has 7 nitrogen and oxygen atoms in total. The molecule has 3 aromatic rings. The van der Waals surface area contributed by atoms with Crippen molar-refractivity contribution in [1.82, 2.24) is 10.4 Å². The maximum Gasteiger partial charge on any atom is 0.256 e. The summed E-state index contributed by atoms with van der Waals surface area (Å²) in [6.07, 6.45) is 2.54. The van der Waals surface area contributed by atoms with Crippen molar-refractivity contribution in [1.29, 1.82) is 0 Å². The molecule has 7 heteroatoms. The van der Waals surface area contributed by atoms with Gasteiger partial charge in [0.25, 0.3) is 5.91 Å². The number of unbranched alkanes of at least 4 members (excludes halogenated alkanes) is 2. The lowest BCUT2D eigenvalue weighted by molar-refractivity contribution is -0.129. The number of fused-ring (bicyclic) bond motifs is 1. The van der Waals surface area contributed by atoms with E-state index in [1.54, 1.807) is 21.3 Å². The first-order valence-electron chi connectivity index (χ1n) is 13.1. The number of carbonyl (C=O) groups excluding carboxylic acids is 3. The topological polar surface area (TPSA) is 90.0 Å². The van der Waals surface area contributed by atoms with Gasteiger partial charge in [0.1, 0.15) is 6.04 Å². The lowest BCUT2D eigenvalue weighted by Crippen LogP contribution is -2.50. The first kappa shape index (κ1) is 27.1. The molecule has 3 amide bonds. The summed E-state index contributed by atoms with van der Waals surface area (Å²) in [6.45, 7) is 4.86. The summed E-state index contributed by atoms with van der Waals surface area (Å²) in [5.74, 6) is -0.694. The summed E-state index contributed by atoms with van der Waals surface area (Å²) in [5.41, 5.74) is 7.06. The molecule has 38 heavy (non-hydrogen) atoms. The number of para-hydroxylation sites is 1. The maximum atomic E-state index is 14.3. The van der Waals surface area contributed by atoms with E-state index in [0.717, 1.165) is 22.3 Å². The molecular formula is C31H35N3O4. The van der Waals surface area contributed by atoms with E-state index in [4.69, 9.17) is 5.21 Å². The Bertz CT molecular complexity index is 1270. The smallest absolute Gasteiger partial charge is 0.256 e. The van der Waals surface area contributed by atoms with Crippen molar-refractivity contribution in [3.05, 3.63) is 101 Å². The van der Waals surface area contributed by atoms with E-state index >= 15 is 0 Å². The van der Waals surface area contributed by atoms with Crippen LogP contribution in [0.2, 0.25) is 0 Å². The van der Waals surface area contributed by atoms with Gasteiger partial charge < -0.3 is 9.80 Å². The fourth-order valence-electron chi connectivity index (χ4n) is 5.22. The van der Waals surface area contributed by atoms with Crippen molar-refractivity contribution in [3.8, 4) is 0 Å². The molecule has 0 unspecified atom stereocenters. The molecule has 0 saturated carbocycles. The number of benzene rings is 3. The number of hydrogen-bond donors (Lipinski definition) is 2. The Morgan fingerprint density at radius 1 is 0.868 bits per heavy atom. The normalized spacial score (nSPS) is 15.3. The first-order valence-corrected chi connectivity index (χ1v) is 13.1. The largest absolute Gasteiger partial charge is 0.326 e. The van der Waals surface area contributed by atoms with E-state index in [1.165, 1.54) is 0 Å². The van der Waals surface area contributed by atoms with Crippen LogP contribution in [0, 0.1) is 13.8 Å². The number of carbonyl (C=O) groups is 3. The van der Waals surface area contributed by atoms with Crippen LogP contribution in [-0.4, -0.2) is 40.4 Å². The van der Waals surface area contributed by atoms with Gasteiger partial charge in [-0.3, -0.25) is 19.6 Å². The van der Waals surface area contributed by atoms with E-state index in [1.807, 2.05) is 62.4 Å². The molecule has 1 aliphatic heterocycles. The number of nitrogens with zero attached hydrogens (tertiary/aromatic N) is 2. The van der Waals surface area contributed by atoms with Crippen molar-refractivity contribution in [3.63, 3.8) is 0 Å². The minimum Gasteiger partial charge on any atom is -0.326 e. The van der Waals surface area contributed by atoms with Gasteiger partial charge >= 0.3 is 0 Å². The fourth-order valence-corrected chi connectivity index (χ4v) is 5.22. The monoisotopic (exact) mass is 513 g/mol. The highest BCUT2D eigenvalue weighted by molar-refractivity contribution is 6.11. The molecule has 2 N–H and O–H groups in total. The molecular weight excluding hydrogens is 478 g/mol. The highest BCUT2D eigenvalue weighted by Gasteiger charge is 2.39. The van der Waals surface area contributed by atoms with Gasteiger partial charge in [0.05, 0.1) is 17.8 Å². The summed E-state index contributed by atoms with van der Waals surface area (Å²) >= 11 is 0. The Hall–Kier alpha value is -3.97. The zero-order chi connectivity index (χ0) is 27.1. The Balaban J connectivity index is 1.68. The van der Waals surface area contributed by atoms with Crippen molar-refractivity contribution >= 4 is 23.4 Å². The highest BCUT2D eigenvalue weighted by Crippen LogP contribution is 2.31. The third-order valence-electron chi connectivity index (χ3n) is 6.94. The van der Waals surface area contributed by atoms with E-state index in [9.17, 15) is 14.4 Å². The Labute approximate surface area is 224 Å². The van der Waals surface area contributed by atoms with Crippen LogP contribution in [0.1, 0.15) is 58.3 Å². The minimum atomic E-state index is -0.663. The highest BCUT2D eigenvalue weighted by atomic mass is 16.5. The molecule has 198 valence electrons. The van der Waals surface area contributed by atoms with Gasteiger partial charge in [-0.1, -0.05) is 78.2 Å². The van der Waals surface area contributed by atoms with E-state index in [0.29, 0.717) is 50.0 Å². The van der Waals surface area contributed by atoms with Crippen LogP contribution in [0.15, 0.2) is 72.8 Å². The molecule has 0 fully saturated rings. The van der Waals surface area contributed by atoms with Gasteiger partial charge in [0.15, 0.2) is 0 Å². The van der Waals surface area contributed by atoms with Crippen LogP contribution in [0.3, 0.4) is 0 Å². The van der Waals surface area contributed by atoms with Gasteiger partial charge in [-0.25, -0.2) is 5.48 Å². The molecule has 0 saturated heterocycles. The summed E-state index contributed by atoms with van der Waals surface area (Å²) in [5, 5.41) is 8.72. The van der Waals surface area contributed by atoms with Gasteiger partial charge in [-0.2, -0.15) is 0 Å². The average molecular weight is 514 g/mol. The molecule has 0 aliphatic carbocycles. The van der Waals surface area contributed by atoms with Gasteiger partial charge in [0, 0.05) is 19.4 Å². The van der Waals surface area contributed by atoms with Crippen LogP contribution < -0.4 is 10.4 Å². The summed E-state index contributed by atoms with van der Waals surface area (Å²) in [6, 6.07) is 22.7. The molecule has 0 bridgehead atoms. The lowest BCUT2D eigenvalue weighted by atomic mass is 10.0. The van der Waals surface area contributed by atoms with Crippen LogP contribution >= 0.6 is 0 Å². The number of rotatable bonds is 10. The average Bonchev–Trinajstić information content (AvgIpc) is 2.98. The summed E-state index contributed by atoms with van der Waals surface area (Å²) in [4.78, 5) is 43.1. The fraction of sp³-hybridized carbons (Fsp3) is 0.323. The third kappa shape index (κ3) is 6.47. The molecule has 3 aromatic carbocycles. The first-order chi connectivity index (χ1) is 18.4. The van der Waals surface area contributed by atoms with Gasteiger partial charge in [0.2, 0.25) is 11.8 Å². The second-order valence-electron chi connectivity index (χ2n) is 9.99. The second-order valence-corrected chi connectivity index (χ2v) is 9.99. The second kappa shape index (κ2) is 12.5. The van der Waals surface area contributed by atoms with Crippen LogP contribution in [0.4, 0.5) is 5.69 Å². The Morgan fingerprint density at radius 2 is 1.55 bits per heavy atom. The van der Waals surface area contributed by atoms with Crippen molar-refractivity contribution in [2.45, 2.75) is 58.5 Å². The number of nitrogens with one attached hydrogen (secondary N) is 1. The third-order valence-corrected chi connectivity index (χ3v) is 6.94. The van der Waals surface area contributed by atoms with Crippen molar-refractivity contribution in [2.24, 2.45) is 0 Å². The predicted octanol–water partition coefficient (Wildman–Crippen LogP) is 4.97. The van der Waals surface area contributed by atoms with Gasteiger partial charge in [-0.05, 0) is 49.9 Å². The molecule has 0 spiro atoms. The van der Waals surface area contributed by atoms with Gasteiger partial charge in [-0.15, -0.1) is 0 Å². The number of aryl methyl sites for hydroxylation is 2. The van der Waals surface area contributed by atoms with E-state index in [2.05, 4.69) is 18.2 Å². The van der Waals surface area contributed by atoms with Crippen LogP contribution in [-0.2, 0) is 22.6 Å². The minimum absolute atomic E-state index is 0.106. The molecule has 1 aliphatic rings. The SMILES string of the molecule is Cc1cc(C)cc(CN2C(=O)[C@H](Cc3ccccc3)N(CCCCCC(=O)NO)C(=O)c3ccccc32)c1. The molecule has 1 heterocycles.